The van der Waals surface area contributed by atoms with Crippen LogP contribution in [0.15, 0.2) is 41.3 Å². The number of benzene rings is 1. The van der Waals surface area contributed by atoms with Gasteiger partial charge in [0.25, 0.3) is 11.5 Å². The maximum atomic E-state index is 12.8. The molecule has 2 amide bonds. The molecule has 12 nitrogen and oxygen atoms in total. The predicted octanol–water partition coefficient (Wildman–Crippen LogP) is 2.07. The van der Waals surface area contributed by atoms with Crippen molar-refractivity contribution in [3.63, 3.8) is 0 Å². The van der Waals surface area contributed by atoms with Gasteiger partial charge >= 0.3 is 11.9 Å². The zero-order chi connectivity index (χ0) is 28.4. The van der Waals surface area contributed by atoms with Crippen LogP contribution in [0, 0.1) is 0 Å². The Balaban J connectivity index is 1.62. The molecule has 3 aromatic rings. The van der Waals surface area contributed by atoms with Crippen molar-refractivity contribution in [1.29, 1.82) is 0 Å². The maximum absolute atomic E-state index is 12.8. The Bertz CT molecular complexity index is 1400. The average molecular weight is 538 g/mol. The molecule has 3 rings (SSSR count). The molecule has 0 unspecified atom stereocenters. The van der Waals surface area contributed by atoms with E-state index in [2.05, 4.69) is 25.6 Å². The Morgan fingerprint density at radius 2 is 1.69 bits per heavy atom. The van der Waals surface area contributed by atoms with Gasteiger partial charge in [0.2, 0.25) is 11.9 Å². The van der Waals surface area contributed by atoms with Gasteiger partial charge in [-0.15, -0.1) is 0 Å². The summed E-state index contributed by atoms with van der Waals surface area (Å²) in [5, 5.41) is 5.38. The Hall–Kier alpha value is -4.61. The zero-order valence-electron chi connectivity index (χ0n) is 22.0. The van der Waals surface area contributed by atoms with Gasteiger partial charge in [0, 0.05) is 25.1 Å². The van der Waals surface area contributed by atoms with Gasteiger partial charge in [-0.25, -0.2) is 9.78 Å². The molecule has 0 spiro atoms. The van der Waals surface area contributed by atoms with Gasteiger partial charge in [-0.1, -0.05) is 12.1 Å². The number of amides is 2. The summed E-state index contributed by atoms with van der Waals surface area (Å²) in [6, 6.07) is 7.63. The van der Waals surface area contributed by atoms with Gasteiger partial charge in [0.15, 0.2) is 5.65 Å². The fraction of sp³-hybridized carbons (Fsp3) is 0.370. The maximum Gasteiger partial charge on any atom is 0.328 e. The van der Waals surface area contributed by atoms with E-state index in [0.717, 1.165) is 11.1 Å². The quantitative estimate of drug-likeness (QED) is 0.293. The topological polar surface area (TPSA) is 169 Å². The third kappa shape index (κ3) is 8.45. The minimum Gasteiger partial charge on any atom is -0.466 e. The number of aromatic amines is 1. The van der Waals surface area contributed by atoms with E-state index in [9.17, 15) is 24.0 Å². The van der Waals surface area contributed by atoms with E-state index in [4.69, 9.17) is 9.47 Å². The van der Waals surface area contributed by atoms with Crippen molar-refractivity contribution in [3.05, 3.63) is 63.6 Å². The molecule has 0 radical (unpaired) electrons. The van der Waals surface area contributed by atoms with E-state index >= 15 is 0 Å². The first-order chi connectivity index (χ1) is 18.7. The Kier molecular flexibility index (Phi) is 10.2. The SMILES string of the molecule is CCOC(=O)CC[C@H](NC(=O)c1ccc(CCc2cnc3nc(NC(C)=O)[nH]c(=O)c3c2)cc1)C(=O)OCC. The van der Waals surface area contributed by atoms with Gasteiger partial charge in [0.1, 0.15) is 6.04 Å². The number of hydrogen-bond acceptors (Lipinski definition) is 9. The number of pyridine rings is 1. The minimum atomic E-state index is -0.978. The number of hydrogen-bond donors (Lipinski definition) is 3. The van der Waals surface area contributed by atoms with Crippen LogP contribution in [-0.4, -0.2) is 58.0 Å². The molecule has 3 N–H and O–H groups in total. The average Bonchev–Trinajstić information content (AvgIpc) is 2.90. The van der Waals surface area contributed by atoms with Crippen molar-refractivity contribution in [2.75, 3.05) is 18.5 Å². The minimum absolute atomic E-state index is 0.0292. The van der Waals surface area contributed by atoms with Gasteiger partial charge in [-0.05, 0) is 62.4 Å². The number of nitrogens with zero attached hydrogens (tertiary/aromatic N) is 2. The molecule has 1 aromatic carbocycles. The summed E-state index contributed by atoms with van der Waals surface area (Å²) in [6.07, 6.45) is 2.86. The lowest BCUT2D eigenvalue weighted by Gasteiger charge is -2.17. The van der Waals surface area contributed by atoms with Crippen LogP contribution in [0.3, 0.4) is 0 Å². The number of esters is 2. The second-order valence-electron chi connectivity index (χ2n) is 8.63. The lowest BCUT2D eigenvalue weighted by atomic mass is 10.0. The zero-order valence-corrected chi connectivity index (χ0v) is 22.0. The van der Waals surface area contributed by atoms with Gasteiger partial charge in [0.05, 0.1) is 18.6 Å². The molecular formula is C27H31N5O7. The number of anilines is 1. The summed E-state index contributed by atoms with van der Waals surface area (Å²) in [4.78, 5) is 71.2. The Morgan fingerprint density at radius 3 is 2.36 bits per heavy atom. The highest BCUT2D eigenvalue weighted by molar-refractivity contribution is 5.97. The number of carbonyl (C=O) groups excluding carboxylic acids is 4. The van der Waals surface area contributed by atoms with E-state index in [-0.39, 0.29) is 43.6 Å². The summed E-state index contributed by atoms with van der Waals surface area (Å²) in [6.45, 7) is 5.04. The smallest absolute Gasteiger partial charge is 0.328 e. The first-order valence-electron chi connectivity index (χ1n) is 12.6. The third-order valence-corrected chi connectivity index (χ3v) is 5.65. The number of nitrogens with one attached hydrogen (secondary N) is 3. The number of ether oxygens (including phenoxy) is 2. The summed E-state index contributed by atoms with van der Waals surface area (Å²) < 4.78 is 9.92. The lowest BCUT2D eigenvalue weighted by molar-refractivity contribution is -0.146. The van der Waals surface area contributed by atoms with Crippen molar-refractivity contribution in [3.8, 4) is 0 Å². The van der Waals surface area contributed by atoms with Crippen LogP contribution in [0.1, 0.15) is 55.1 Å². The molecule has 206 valence electrons. The Morgan fingerprint density at radius 1 is 1.00 bits per heavy atom. The van der Waals surface area contributed by atoms with Crippen molar-refractivity contribution in [2.24, 2.45) is 0 Å². The monoisotopic (exact) mass is 537 g/mol. The molecule has 39 heavy (non-hydrogen) atoms. The predicted molar refractivity (Wildman–Crippen MR) is 142 cm³/mol. The molecule has 1 atom stereocenters. The van der Waals surface area contributed by atoms with E-state index < -0.39 is 29.4 Å². The summed E-state index contributed by atoms with van der Waals surface area (Å²) in [5.74, 6) is -1.85. The van der Waals surface area contributed by atoms with Crippen molar-refractivity contribution >= 4 is 40.7 Å². The second kappa shape index (κ2) is 13.8. The third-order valence-electron chi connectivity index (χ3n) is 5.65. The van der Waals surface area contributed by atoms with E-state index in [0.29, 0.717) is 23.8 Å². The Labute approximate surface area is 224 Å². The highest BCUT2D eigenvalue weighted by Gasteiger charge is 2.24. The summed E-state index contributed by atoms with van der Waals surface area (Å²) >= 11 is 0. The van der Waals surface area contributed by atoms with Gasteiger partial charge in [-0.3, -0.25) is 29.5 Å². The number of aromatic nitrogens is 3. The molecule has 0 aliphatic heterocycles. The standard InChI is InChI=1S/C27H31N5O7/c1-4-38-22(34)13-12-21(26(37)39-5-2)30-24(35)19-10-8-17(9-11-19)6-7-18-14-20-23(28-15-18)31-27(29-16(3)33)32-25(20)36/h8-11,14-15,21H,4-7,12-13H2,1-3H3,(H,30,35)(H2,28,29,31,32,33,36)/t21-/m0/s1. The van der Waals surface area contributed by atoms with Crippen molar-refractivity contribution < 1.29 is 28.7 Å². The highest BCUT2D eigenvalue weighted by Crippen LogP contribution is 2.13. The number of aryl methyl sites for hydroxylation is 2. The second-order valence-corrected chi connectivity index (χ2v) is 8.63. The van der Waals surface area contributed by atoms with Crippen LogP contribution in [0.25, 0.3) is 11.0 Å². The van der Waals surface area contributed by atoms with Crippen LogP contribution in [0.2, 0.25) is 0 Å². The summed E-state index contributed by atoms with van der Waals surface area (Å²) in [7, 11) is 0. The molecule has 0 aliphatic carbocycles. The number of H-pyrrole nitrogens is 1. The normalized spacial score (nSPS) is 11.5. The lowest BCUT2D eigenvalue weighted by Crippen LogP contribution is -2.42. The van der Waals surface area contributed by atoms with Crippen LogP contribution < -0.4 is 16.2 Å². The number of carbonyl (C=O) groups is 4. The molecule has 0 fully saturated rings. The summed E-state index contributed by atoms with van der Waals surface area (Å²) in [5.41, 5.74) is 1.94. The number of fused-ring (bicyclic) bond motifs is 1. The van der Waals surface area contributed by atoms with Crippen LogP contribution in [-0.2, 0) is 36.7 Å². The first-order valence-corrected chi connectivity index (χ1v) is 12.6. The van der Waals surface area contributed by atoms with Crippen LogP contribution in [0.5, 0.6) is 0 Å². The van der Waals surface area contributed by atoms with Gasteiger partial charge < -0.3 is 14.8 Å². The molecule has 2 aromatic heterocycles. The molecule has 0 bridgehead atoms. The van der Waals surface area contributed by atoms with Crippen molar-refractivity contribution in [1.82, 2.24) is 20.3 Å². The largest absolute Gasteiger partial charge is 0.466 e. The van der Waals surface area contributed by atoms with Gasteiger partial charge in [-0.2, -0.15) is 4.98 Å². The molecule has 0 saturated heterocycles. The van der Waals surface area contributed by atoms with E-state index in [1.807, 2.05) is 0 Å². The van der Waals surface area contributed by atoms with Crippen LogP contribution in [0.4, 0.5) is 5.95 Å². The molecule has 0 aliphatic rings. The highest BCUT2D eigenvalue weighted by atomic mass is 16.5. The first kappa shape index (κ1) is 29.0. The molecule has 0 saturated carbocycles. The molecule has 12 heteroatoms. The molecule has 2 heterocycles. The van der Waals surface area contributed by atoms with Crippen molar-refractivity contribution in [2.45, 2.75) is 52.5 Å². The fourth-order valence-corrected chi connectivity index (χ4v) is 3.77. The number of rotatable bonds is 12. The fourth-order valence-electron chi connectivity index (χ4n) is 3.77. The van der Waals surface area contributed by atoms with E-state index in [1.165, 1.54) is 6.92 Å². The molecular weight excluding hydrogens is 506 g/mol. The van der Waals surface area contributed by atoms with E-state index in [1.54, 1.807) is 50.4 Å². The van der Waals surface area contributed by atoms with Crippen LogP contribution >= 0.6 is 0 Å².